The van der Waals surface area contributed by atoms with Crippen molar-refractivity contribution >= 4 is 22.8 Å². The van der Waals surface area contributed by atoms with Crippen molar-refractivity contribution in [3.8, 4) is 0 Å². The van der Waals surface area contributed by atoms with Crippen LogP contribution in [0.4, 0.5) is 11.8 Å². The number of nitrogens with one attached hydrogen (secondary N) is 1. The molecule has 0 unspecified atom stereocenters. The highest BCUT2D eigenvalue weighted by atomic mass is 15.3. The largest absolute Gasteiger partial charge is 0.356 e. The van der Waals surface area contributed by atoms with Crippen molar-refractivity contribution in [3.63, 3.8) is 0 Å². The van der Waals surface area contributed by atoms with E-state index in [0.29, 0.717) is 12.1 Å². The first-order valence-corrected chi connectivity index (χ1v) is 9.35. The van der Waals surface area contributed by atoms with Crippen molar-refractivity contribution in [2.75, 3.05) is 37.4 Å². The van der Waals surface area contributed by atoms with Crippen LogP contribution in [0.3, 0.4) is 0 Å². The van der Waals surface area contributed by atoms with E-state index in [2.05, 4.69) is 42.2 Å². The Morgan fingerprint density at radius 2 is 1.80 bits per heavy atom. The number of rotatable bonds is 4. The van der Waals surface area contributed by atoms with Crippen LogP contribution in [0, 0.1) is 13.8 Å². The lowest BCUT2D eigenvalue weighted by Gasteiger charge is -2.30. The minimum absolute atomic E-state index is 0.443. The van der Waals surface area contributed by atoms with Crippen LogP contribution < -0.4 is 10.2 Å². The molecule has 0 radical (unpaired) electrons. The molecule has 1 N–H and O–H groups in total. The molecule has 134 valence electrons. The molecule has 0 bridgehead atoms. The fraction of sp³-hybridized carbons (Fsp3) is 0.632. The second-order valence-corrected chi connectivity index (χ2v) is 7.71. The summed E-state index contributed by atoms with van der Waals surface area (Å²) < 4.78 is 0. The molecular formula is C19H28N6. The zero-order valence-corrected chi connectivity index (χ0v) is 15.7. The van der Waals surface area contributed by atoms with Crippen molar-refractivity contribution < 1.29 is 0 Å². The summed E-state index contributed by atoms with van der Waals surface area (Å²) in [6, 6.07) is 3.17. The van der Waals surface area contributed by atoms with Crippen LogP contribution in [0.5, 0.6) is 0 Å². The predicted molar refractivity (Wildman–Crippen MR) is 102 cm³/mol. The quantitative estimate of drug-likeness (QED) is 0.924. The summed E-state index contributed by atoms with van der Waals surface area (Å²) in [6.45, 7) is 6.41. The number of piperidine rings is 1. The van der Waals surface area contributed by atoms with E-state index in [9.17, 15) is 0 Å². The average Bonchev–Trinajstić information content (AvgIpc) is 3.40. The van der Waals surface area contributed by atoms with Gasteiger partial charge in [-0.15, -0.1) is 0 Å². The standard InChI is InChI=1S/C19H28N6/c1-12-11-13(2)20-17-16(12)18(25(4)15-5-6-15)23-19(22-17)21-14-7-9-24(3)10-8-14/h11,14-15H,5-10H2,1-4H3,(H,20,21,22,23). The Morgan fingerprint density at radius 1 is 1.08 bits per heavy atom. The topological polar surface area (TPSA) is 57.2 Å². The predicted octanol–water partition coefficient (Wildman–Crippen LogP) is 2.75. The number of hydrogen-bond acceptors (Lipinski definition) is 6. The van der Waals surface area contributed by atoms with E-state index in [1.54, 1.807) is 0 Å². The van der Waals surface area contributed by atoms with Gasteiger partial charge in [-0.3, -0.25) is 0 Å². The first-order chi connectivity index (χ1) is 12.0. The molecule has 2 aromatic heterocycles. The number of aryl methyl sites for hydroxylation is 2. The van der Waals surface area contributed by atoms with Gasteiger partial charge in [0.25, 0.3) is 0 Å². The highest BCUT2D eigenvalue weighted by Gasteiger charge is 2.29. The van der Waals surface area contributed by atoms with E-state index in [1.807, 2.05) is 6.92 Å². The number of anilines is 2. The maximum absolute atomic E-state index is 4.92. The second-order valence-electron chi connectivity index (χ2n) is 7.71. The van der Waals surface area contributed by atoms with Crippen molar-refractivity contribution in [3.05, 3.63) is 17.3 Å². The lowest BCUT2D eigenvalue weighted by Crippen LogP contribution is -2.37. The van der Waals surface area contributed by atoms with E-state index in [-0.39, 0.29) is 0 Å². The Morgan fingerprint density at radius 3 is 2.48 bits per heavy atom. The van der Waals surface area contributed by atoms with Gasteiger partial charge in [0.15, 0.2) is 5.65 Å². The summed E-state index contributed by atoms with van der Waals surface area (Å²) >= 11 is 0. The summed E-state index contributed by atoms with van der Waals surface area (Å²) in [5.74, 6) is 1.75. The van der Waals surface area contributed by atoms with Crippen LogP contribution in [-0.2, 0) is 0 Å². The molecule has 6 nitrogen and oxygen atoms in total. The monoisotopic (exact) mass is 340 g/mol. The van der Waals surface area contributed by atoms with Gasteiger partial charge in [-0.2, -0.15) is 9.97 Å². The third kappa shape index (κ3) is 3.40. The van der Waals surface area contributed by atoms with E-state index in [0.717, 1.165) is 54.4 Å². The molecule has 1 aliphatic carbocycles. The van der Waals surface area contributed by atoms with Crippen LogP contribution >= 0.6 is 0 Å². The van der Waals surface area contributed by atoms with Crippen LogP contribution in [0.15, 0.2) is 6.07 Å². The molecule has 1 aliphatic heterocycles. The number of fused-ring (bicyclic) bond motifs is 1. The normalized spacial score (nSPS) is 19.4. The van der Waals surface area contributed by atoms with Crippen molar-refractivity contribution in [1.29, 1.82) is 0 Å². The van der Waals surface area contributed by atoms with E-state index in [4.69, 9.17) is 15.0 Å². The van der Waals surface area contributed by atoms with Gasteiger partial charge in [0, 0.05) is 24.8 Å². The zero-order chi connectivity index (χ0) is 17.6. The van der Waals surface area contributed by atoms with Crippen LogP contribution in [0.25, 0.3) is 11.0 Å². The maximum atomic E-state index is 4.92. The summed E-state index contributed by atoms with van der Waals surface area (Å²) in [6.07, 6.45) is 4.76. The average molecular weight is 340 g/mol. The fourth-order valence-electron chi connectivity index (χ4n) is 3.75. The van der Waals surface area contributed by atoms with Crippen LogP contribution in [0.2, 0.25) is 0 Å². The molecule has 2 aliphatic rings. The number of likely N-dealkylation sites (tertiary alicyclic amines) is 1. The summed E-state index contributed by atoms with van der Waals surface area (Å²) in [7, 11) is 4.33. The number of aromatic nitrogens is 3. The zero-order valence-electron chi connectivity index (χ0n) is 15.7. The molecule has 2 aromatic rings. The van der Waals surface area contributed by atoms with Crippen molar-refractivity contribution in [2.24, 2.45) is 0 Å². The molecule has 3 heterocycles. The van der Waals surface area contributed by atoms with Crippen LogP contribution in [-0.4, -0.2) is 59.1 Å². The Labute approximate surface area is 149 Å². The Kier molecular flexibility index (Phi) is 4.23. The lowest BCUT2D eigenvalue weighted by molar-refractivity contribution is 0.263. The van der Waals surface area contributed by atoms with Crippen molar-refractivity contribution in [1.82, 2.24) is 19.9 Å². The lowest BCUT2D eigenvalue weighted by atomic mass is 10.1. The van der Waals surface area contributed by atoms with Gasteiger partial charge < -0.3 is 15.1 Å². The molecule has 0 atom stereocenters. The Bertz CT molecular complexity index is 777. The van der Waals surface area contributed by atoms with Gasteiger partial charge in [-0.05, 0) is 71.3 Å². The van der Waals surface area contributed by atoms with Gasteiger partial charge in [-0.1, -0.05) is 0 Å². The molecule has 2 fully saturated rings. The first kappa shape index (κ1) is 16.5. The van der Waals surface area contributed by atoms with E-state index < -0.39 is 0 Å². The molecule has 1 saturated carbocycles. The van der Waals surface area contributed by atoms with Gasteiger partial charge in [-0.25, -0.2) is 4.98 Å². The second kappa shape index (κ2) is 6.41. The fourth-order valence-corrected chi connectivity index (χ4v) is 3.75. The van der Waals surface area contributed by atoms with Gasteiger partial charge >= 0.3 is 0 Å². The smallest absolute Gasteiger partial charge is 0.226 e. The highest BCUT2D eigenvalue weighted by molar-refractivity contribution is 5.91. The van der Waals surface area contributed by atoms with Gasteiger partial charge in [0.05, 0.1) is 5.39 Å². The molecule has 25 heavy (non-hydrogen) atoms. The summed E-state index contributed by atoms with van der Waals surface area (Å²) in [5.41, 5.74) is 3.02. The van der Waals surface area contributed by atoms with Gasteiger partial charge in [0.1, 0.15) is 5.82 Å². The minimum Gasteiger partial charge on any atom is -0.356 e. The molecule has 4 rings (SSSR count). The highest BCUT2D eigenvalue weighted by Crippen LogP contribution is 2.34. The number of hydrogen-bond donors (Lipinski definition) is 1. The molecule has 1 saturated heterocycles. The Balaban J connectivity index is 1.72. The SMILES string of the molecule is Cc1cc(C)c2c(N(C)C3CC3)nc(NC3CCN(C)CC3)nc2n1. The summed E-state index contributed by atoms with van der Waals surface area (Å²) in [5, 5.41) is 4.66. The third-order valence-corrected chi connectivity index (χ3v) is 5.45. The van der Waals surface area contributed by atoms with Gasteiger partial charge in [0.2, 0.25) is 5.95 Å². The van der Waals surface area contributed by atoms with Crippen LogP contribution in [0.1, 0.15) is 36.9 Å². The van der Waals surface area contributed by atoms with E-state index in [1.165, 1.54) is 18.4 Å². The molecular weight excluding hydrogens is 312 g/mol. The Hall–Kier alpha value is -1.95. The number of nitrogens with zero attached hydrogens (tertiary/aromatic N) is 5. The summed E-state index contributed by atoms with van der Waals surface area (Å²) in [4.78, 5) is 19.1. The van der Waals surface area contributed by atoms with Crippen molar-refractivity contribution in [2.45, 2.75) is 51.6 Å². The third-order valence-electron chi connectivity index (χ3n) is 5.45. The number of pyridine rings is 1. The maximum Gasteiger partial charge on any atom is 0.226 e. The minimum atomic E-state index is 0.443. The molecule has 0 amide bonds. The first-order valence-electron chi connectivity index (χ1n) is 9.35. The van der Waals surface area contributed by atoms with E-state index >= 15 is 0 Å². The molecule has 0 spiro atoms. The molecule has 6 heteroatoms. The molecule has 0 aromatic carbocycles.